The Morgan fingerprint density at radius 1 is 0.650 bits per heavy atom. The summed E-state index contributed by atoms with van der Waals surface area (Å²) in [7, 11) is 1.85. The van der Waals surface area contributed by atoms with Gasteiger partial charge >= 0.3 is 12.4 Å². The molecule has 2 aromatic carbocycles. The van der Waals surface area contributed by atoms with Crippen LogP contribution in [0, 0.1) is 0 Å². The van der Waals surface area contributed by atoms with Gasteiger partial charge in [0.05, 0.1) is 49.4 Å². The number of quaternary nitrogens is 2. The minimum Gasteiger partial charge on any atom is -0.507 e. The number of carbonyl (C=O) groups is 2. The standard InChI is InChI=1S/C24H26F6N4O6/c1-33(39,11-23(25,26)27)9-7-31-13-3-4-14(32-8-10-34(2,40)12-24(28,29)30)18-17(13)21(37)19-15(35)5-6-16(36)20(19)22(18)38/h3-6,39-40H,7-12H2,1-2H3,(H2-2,31,32,35,36,37,38)/p+2. The summed E-state index contributed by atoms with van der Waals surface area (Å²) in [6, 6.07) is 4.55. The molecule has 10 nitrogen and oxygen atoms in total. The lowest BCUT2D eigenvalue weighted by atomic mass is 9.81. The molecule has 1 aliphatic carbocycles. The molecule has 3 rings (SSSR count). The highest BCUT2D eigenvalue weighted by Crippen LogP contribution is 2.42. The number of phenolic OH excluding ortho intramolecular Hbond substituents is 2. The fourth-order valence-corrected chi connectivity index (χ4v) is 4.45. The van der Waals surface area contributed by atoms with Crippen molar-refractivity contribution in [2.45, 2.75) is 12.4 Å². The summed E-state index contributed by atoms with van der Waals surface area (Å²) >= 11 is 0. The monoisotopic (exact) mass is 582 g/mol. The summed E-state index contributed by atoms with van der Waals surface area (Å²) < 4.78 is 73.5. The first-order valence-electron chi connectivity index (χ1n) is 11.8. The molecular formula is C24H28F6N4O6+2. The molecule has 0 aliphatic heterocycles. The van der Waals surface area contributed by atoms with Gasteiger partial charge in [0.15, 0.2) is 0 Å². The number of hydrogen-bond donors (Lipinski definition) is 6. The smallest absolute Gasteiger partial charge is 0.441 e. The zero-order valence-corrected chi connectivity index (χ0v) is 21.3. The number of nitrogens with one attached hydrogen (secondary N) is 2. The van der Waals surface area contributed by atoms with Crippen LogP contribution in [0.5, 0.6) is 11.5 Å². The van der Waals surface area contributed by atoms with Gasteiger partial charge in [-0.1, -0.05) is 0 Å². The molecule has 16 heteroatoms. The van der Waals surface area contributed by atoms with E-state index in [1.165, 1.54) is 12.1 Å². The second kappa shape index (κ2) is 10.8. The van der Waals surface area contributed by atoms with Crippen molar-refractivity contribution in [3.05, 3.63) is 46.5 Å². The Balaban J connectivity index is 1.96. The third kappa shape index (κ3) is 7.32. The highest BCUT2D eigenvalue weighted by Gasteiger charge is 2.41. The number of fused-ring (bicyclic) bond motifs is 2. The summed E-state index contributed by atoms with van der Waals surface area (Å²) in [6.07, 6.45) is -9.32. The minimum atomic E-state index is -4.66. The number of phenols is 2. The molecule has 0 radical (unpaired) electrons. The zero-order chi connectivity index (χ0) is 30.3. The molecule has 0 amide bonds. The zero-order valence-electron chi connectivity index (χ0n) is 21.3. The molecule has 2 aromatic rings. The van der Waals surface area contributed by atoms with E-state index < -0.39 is 82.0 Å². The van der Waals surface area contributed by atoms with Crippen molar-refractivity contribution in [2.24, 2.45) is 0 Å². The number of aromatic hydroxyl groups is 2. The number of carbonyl (C=O) groups excluding carboxylic acids is 2. The molecule has 0 bridgehead atoms. The van der Waals surface area contributed by atoms with Crippen LogP contribution in [0.25, 0.3) is 0 Å². The van der Waals surface area contributed by atoms with Crippen LogP contribution in [0.1, 0.15) is 31.8 Å². The predicted molar refractivity (Wildman–Crippen MR) is 128 cm³/mol. The van der Waals surface area contributed by atoms with Crippen molar-refractivity contribution in [2.75, 3.05) is 64.0 Å². The summed E-state index contributed by atoms with van der Waals surface area (Å²) in [4.78, 5) is 27.0. The van der Waals surface area contributed by atoms with E-state index in [1.807, 2.05) is 0 Å². The normalized spacial score (nSPS) is 16.6. The van der Waals surface area contributed by atoms with Crippen LogP contribution < -0.4 is 10.6 Å². The maximum atomic E-state index is 13.5. The van der Waals surface area contributed by atoms with E-state index in [0.29, 0.717) is 0 Å². The van der Waals surface area contributed by atoms with Gasteiger partial charge in [0.2, 0.25) is 24.7 Å². The highest BCUT2D eigenvalue weighted by molar-refractivity contribution is 6.33. The van der Waals surface area contributed by atoms with Gasteiger partial charge in [0.25, 0.3) is 0 Å². The molecule has 2 unspecified atom stereocenters. The Hall–Kier alpha value is -3.60. The average Bonchev–Trinajstić information content (AvgIpc) is 2.75. The van der Waals surface area contributed by atoms with Crippen LogP contribution in [-0.4, -0.2) is 107 Å². The van der Waals surface area contributed by atoms with Gasteiger partial charge in [-0.15, -0.1) is 0 Å². The second-order valence-electron chi connectivity index (χ2n) is 9.95. The van der Waals surface area contributed by atoms with Crippen LogP contribution in [-0.2, 0) is 0 Å². The number of halogens is 6. The first-order valence-corrected chi connectivity index (χ1v) is 11.8. The molecule has 0 saturated carbocycles. The van der Waals surface area contributed by atoms with Crippen LogP contribution in [0.3, 0.4) is 0 Å². The van der Waals surface area contributed by atoms with E-state index in [1.54, 1.807) is 0 Å². The number of hydroxylamine groups is 6. The molecule has 220 valence electrons. The SMILES string of the molecule is C[N+](O)(CCNc1ccc(NCC[N+](C)(O)CC(F)(F)F)c2c1C(=O)c1c(O)ccc(O)c1C2=O)CC(F)(F)F. The van der Waals surface area contributed by atoms with E-state index in [-0.39, 0.29) is 35.6 Å². The molecule has 2 atom stereocenters. The van der Waals surface area contributed by atoms with Crippen LogP contribution in [0.4, 0.5) is 37.7 Å². The molecule has 0 aromatic heterocycles. The van der Waals surface area contributed by atoms with Gasteiger partial charge in [-0.25, -0.2) is 10.4 Å². The van der Waals surface area contributed by atoms with Gasteiger partial charge in [-0.3, -0.25) is 9.59 Å². The van der Waals surface area contributed by atoms with E-state index in [0.717, 1.165) is 26.2 Å². The largest absolute Gasteiger partial charge is 0.507 e. The van der Waals surface area contributed by atoms with E-state index in [9.17, 15) is 56.6 Å². The van der Waals surface area contributed by atoms with Crippen molar-refractivity contribution in [1.82, 2.24) is 0 Å². The molecule has 6 N–H and O–H groups in total. The van der Waals surface area contributed by atoms with Gasteiger partial charge in [-0.2, -0.15) is 35.6 Å². The number of likely N-dealkylation sites (N-methyl/N-ethyl adjacent to an activating group) is 2. The molecule has 0 fully saturated rings. The topological polar surface area (TPSA) is 139 Å². The molecule has 0 saturated heterocycles. The number of ketones is 2. The molecule has 0 heterocycles. The lowest BCUT2D eigenvalue weighted by Crippen LogP contribution is -2.49. The Labute approximate surface area is 223 Å². The van der Waals surface area contributed by atoms with Gasteiger partial charge in [0.1, 0.15) is 24.6 Å². The number of benzene rings is 2. The van der Waals surface area contributed by atoms with Crippen molar-refractivity contribution < 1.29 is 65.9 Å². The molecule has 1 aliphatic rings. The first-order chi connectivity index (χ1) is 18.2. The third-order valence-electron chi connectivity index (χ3n) is 6.13. The van der Waals surface area contributed by atoms with Crippen molar-refractivity contribution >= 4 is 22.9 Å². The number of nitrogens with zero attached hydrogens (tertiary/aromatic N) is 2. The summed E-state index contributed by atoms with van der Waals surface area (Å²) in [5.74, 6) is -3.07. The quantitative estimate of drug-likeness (QED) is 0.0925. The Morgan fingerprint density at radius 2 is 0.975 bits per heavy atom. The van der Waals surface area contributed by atoms with Crippen molar-refractivity contribution in [1.29, 1.82) is 0 Å². The molecule has 40 heavy (non-hydrogen) atoms. The average molecular weight is 582 g/mol. The van der Waals surface area contributed by atoms with E-state index >= 15 is 0 Å². The predicted octanol–water partition coefficient (Wildman–Crippen LogP) is 3.49. The summed E-state index contributed by atoms with van der Waals surface area (Å²) in [5, 5.41) is 46.0. The van der Waals surface area contributed by atoms with E-state index in [2.05, 4.69) is 10.6 Å². The number of anilines is 2. The lowest BCUT2D eigenvalue weighted by molar-refractivity contribution is -1.09. The molecule has 0 spiro atoms. The Morgan fingerprint density at radius 3 is 1.27 bits per heavy atom. The van der Waals surface area contributed by atoms with Gasteiger partial charge in [-0.05, 0) is 24.3 Å². The molecular weight excluding hydrogens is 554 g/mol. The fourth-order valence-electron chi connectivity index (χ4n) is 4.45. The maximum absolute atomic E-state index is 13.5. The highest BCUT2D eigenvalue weighted by atomic mass is 19.4. The second-order valence-corrected chi connectivity index (χ2v) is 9.95. The van der Waals surface area contributed by atoms with Gasteiger partial charge in [0, 0.05) is 11.4 Å². The third-order valence-corrected chi connectivity index (χ3v) is 6.13. The lowest BCUT2D eigenvalue weighted by Gasteiger charge is -2.28. The fraction of sp³-hybridized carbons (Fsp3) is 0.417. The van der Waals surface area contributed by atoms with Gasteiger partial charge < -0.3 is 20.8 Å². The van der Waals surface area contributed by atoms with E-state index in [4.69, 9.17) is 0 Å². The summed E-state index contributed by atoms with van der Waals surface area (Å²) in [6.45, 7) is -4.62. The summed E-state index contributed by atoms with van der Waals surface area (Å²) in [5.41, 5.74) is -1.74. The Kier molecular flexibility index (Phi) is 8.32. The van der Waals surface area contributed by atoms with Crippen LogP contribution in [0.2, 0.25) is 0 Å². The maximum Gasteiger partial charge on any atom is 0.441 e. The van der Waals surface area contributed by atoms with Crippen LogP contribution in [0.15, 0.2) is 24.3 Å². The van der Waals surface area contributed by atoms with Crippen LogP contribution >= 0.6 is 0 Å². The number of alkyl halides is 6. The minimum absolute atomic E-state index is 0.0425. The number of hydrogen-bond acceptors (Lipinski definition) is 8. The first kappa shape index (κ1) is 30.9. The Bertz CT molecular complexity index is 1210. The van der Waals surface area contributed by atoms with Crippen molar-refractivity contribution in [3.8, 4) is 11.5 Å². The van der Waals surface area contributed by atoms with Crippen molar-refractivity contribution in [3.63, 3.8) is 0 Å². The number of rotatable bonds is 10.